The largest absolute Gasteiger partial charge is 0.344 e. The van der Waals surface area contributed by atoms with Crippen molar-refractivity contribution in [2.75, 3.05) is 19.6 Å². The van der Waals surface area contributed by atoms with Gasteiger partial charge in [0, 0.05) is 38.1 Å². The SMILES string of the molecule is CCC1(C#N)CN(C(=O)CNC(=O)c2c[nH]c3ncc(-c4cnn(C)c4)nc23)C1. The minimum atomic E-state index is -0.450. The summed E-state index contributed by atoms with van der Waals surface area (Å²) in [5, 5.41) is 16.0. The van der Waals surface area contributed by atoms with E-state index in [2.05, 4.69) is 31.4 Å². The molecule has 0 radical (unpaired) electrons. The summed E-state index contributed by atoms with van der Waals surface area (Å²) in [6.45, 7) is 2.61. The van der Waals surface area contributed by atoms with Gasteiger partial charge in [0.05, 0.1) is 41.7 Å². The molecule has 0 saturated carbocycles. The lowest BCUT2D eigenvalue weighted by atomic mass is 9.79. The summed E-state index contributed by atoms with van der Waals surface area (Å²) in [6.07, 6.45) is 7.32. The van der Waals surface area contributed by atoms with Crippen molar-refractivity contribution in [3.8, 4) is 17.3 Å². The second-order valence-electron chi connectivity index (χ2n) is 7.24. The Morgan fingerprint density at radius 3 is 2.83 bits per heavy atom. The second kappa shape index (κ2) is 7.01. The van der Waals surface area contributed by atoms with Gasteiger partial charge >= 0.3 is 0 Å². The van der Waals surface area contributed by atoms with Crippen molar-refractivity contribution < 1.29 is 9.59 Å². The van der Waals surface area contributed by atoms with Crippen LogP contribution in [-0.2, 0) is 11.8 Å². The fourth-order valence-electron chi connectivity index (χ4n) is 3.35. The number of nitrogens with one attached hydrogen (secondary N) is 2. The molecule has 0 atom stereocenters. The van der Waals surface area contributed by atoms with Crippen LogP contribution in [0.3, 0.4) is 0 Å². The van der Waals surface area contributed by atoms with Gasteiger partial charge in [0.15, 0.2) is 5.65 Å². The third-order valence-corrected chi connectivity index (χ3v) is 5.28. The fraction of sp³-hybridized carbons (Fsp3) is 0.368. The maximum Gasteiger partial charge on any atom is 0.255 e. The van der Waals surface area contributed by atoms with E-state index < -0.39 is 11.3 Å². The van der Waals surface area contributed by atoms with Crippen LogP contribution in [0.5, 0.6) is 0 Å². The smallest absolute Gasteiger partial charge is 0.255 e. The maximum atomic E-state index is 12.6. The summed E-state index contributed by atoms with van der Waals surface area (Å²) in [5.41, 5.74) is 2.17. The Balaban J connectivity index is 1.45. The lowest BCUT2D eigenvalue weighted by Crippen LogP contribution is -2.59. The van der Waals surface area contributed by atoms with Gasteiger partial charge in [0.1, 0.15) is 5.52 Å². The predicted octanol–water partition coefficient (Wildman–Crippen LogP) is 0.850. The molecular formula is C19H20N8O2. The minimum absolute atomic E-state index is 0.132. The summed E-state index contributed by atoms with van der Waals surface area (Å²) in [5.74, 6) is -0.621. The van der Waals surface area contributed by atoms with Crippen LogP contribution >= 0.6 is 0 Å². The topological polar surface area (TPSA) is 133 Å². The molecule has 0 aliphatic carbocycles. The van der Waals surface area contributed by atoms with E-state index in [1.807, 2.05) is 13.1 Å². The molecule has 3 aromatic heterocycles. The van der Waals surface area contributed by atoms with Crippen molar-refractivity contribution in [3.63, 3.8) is 0 Å². The maximum absolute atomic E-state index is 12.6. The van der Waals surface area contributed by atoms with Crippen LogP contribution in [0.2, 0.25) is 0 Å². The van der Waals surface area contributed by atoms with Crippen molar-refractivity contribution >= 4 is 23.0 Å². The number of hydrogen-bond donors (Lipinski definition) is 2. The molecule has 4 heterocycles. The average molecular weight is 392 g/mol. The third-order valence-electron chi connectivity index (χ3n) is 5.28. The van der Waals surface area contributed by atoms with Gasteiger partial charge in [-0.05, 0) is 6.42 Å². The monoisotopic (exact) mass is 392 g/mol. The molecule has 0 unspecified atom stereocenters. The highest BCUT2D eigenvalue weighted by Crippen LogP contribution is 2.32. The van der Waals surface area contributed by atoms with Gasteiger partial charge < -0.3 is 15.2 Å². The number of likely N-dealkylation sites (tertiary alicyclic amines) is 1. The molecule has 1 fully saturated rings. The number of aromatic amines is 1. The Bertz CT molecular complexity index is 1130. The van der Waals surface area contributed by atoms with E-state index in [0.29, 0.717) is 41.9 Å². The van der Waals surface area contributed by atoms with Crippen LogP contribution in [-0.4, -0.2) is 61.1 Å². The van der Waals surface area contributed by atoms with Gasteiger partial charge in [-0.3, -0.25) is 14.3 Å². The van der Waals surface area contributed by atoms with E-state index in [0.717, 1.165) is 5.56 Å². The Labute approximate surface area is 166 Å². The second-order valence-corrected chi connectivity index (χ2v) is 7.24. The zero-order chi connectivity index (χ0) is 20.6. The lowest BCUT2D eigenvalue weighted by molar-refractivity contribution is -0.139. The molecule has 10 heteroatoms. The molecule has 0 spiro atoms. The molecule has 0 aromatic carbocycles. The Morgan fingerprint density at radius 2 is 2.17 bits per heavy atom. The average Bonchev–Trinajstić information content (AvgIpc) is 3.31. The summed E-state index contributed by atoms with van der Waals surface area (Å²) in [4.78, 5) is 38.2. The van der Waals surface area contributed by atoms with Crippen molar-refractivity contribution in [2.24, 2.45) is 12.5 Å². The van der Waals surface area contributed by atoms with Gasteiger partial charge in [0.2, 0.25) is 5.91 Å². The van der Waals surface area contributed by atoms with Crippen LogP contribution < -0.4 is 5.32 Å². The zero-order valence-corrected chi connectivity index (χ0v) is 16.1. The van der Waals surface area contributed by atoms with Crippen molar-refractivity contribution in [2.45, 2.75) is 13.3 Å². The van der Waals surface area contributed by atoms with Crippen LogP contribution in [0.1, 0.15) is 23.7 Å². The van der Waals surface area contributed by atoms with Crippen LogP contribution in [0, 0.1) is 16.7 Å². The quantitative estimate of drug-likeness (QED) is 0.661. The number of fused-ring (bicyclic) bond motifs is 1. The zero-order valence-electron chi connectivity index (χ0n) is 16.1. The number of amides is 2. The molecule has 2 N–H and O–H groups in total. The Kier molecular flexibility index (Phi) is 4.50. The van der Waals surface area contributed by atoms with E-state index in [9.17, 15) is 14.9 Å². The number of aryl methyl sites for hydroxylation is 1. The predicted molar refractivity (Wildman–Crippen MR) is 103 cm³/mol. The first kappa shape index (κ1) is 18.6. The number of aromatic nitrogens is 5. The van der Waals surface area contributed by atoms with Crippen molar-refractivity contribution in [1.82, 2.24) is 34.9 Å². The summed E-state index contributed by atoms with van der Waals surface area (Å²) in [7, 11) is 1.81. The van der Waals surface area contributed by atoms with Crippen LogP contribution in [0.15, 0.2) is 24.8 Å². The fourth-order valence-corrected chi connectivity index (χ4v) is 3.35. The molecular weight excluding hydrogens is 372 g/mol. The van der Waals surface area contributed by atoms with Gasteiger partial charge in [0.25, 0.3) is 5.91 Å². The number of nitrogens with zero attached hydrogens (tertiary/aromatic N) is 6. The van der Waals surface area contributed by atoms with E-state index in [4.69, 9.17) is 0 Å². The van der Waals surface area contributed by atoms with Gasteiger partial charge in [-0.15, -0.1) is 0 Å². The van der Waals surface area contributed by atoms with Gasteiger partial charge in [-0.25, -0.2) is 9.97 Å². The lowest BCUT2D eigenvalue weighted by Gasteiger charge is -2.45. The van der Waals surface area contributed by atoms with Crippen LogP contribution in [0.25, 0.3) is 22.4 Å². The first-order chi connectivity index (χ1) is 13.9. The normalized spacial score (nSPS) is 15.0. The molecule has 148 valence electrons. The number of carbonyl (C=O) groups is 2. The summed E-state index contributed by atoms with van der Waals surface area (Å²) >= 11 is 0. The molecule has 1 aliphatic rings. The standard InChI is InChI=1S/C19H20N8O2/c1-3-19(9-20)10-27(11-19)15(28)7-23-18(29)13-5-21-17-16(13)25-14(6-22-17)12-4-24-26(2)8-12/h4-6,8H,3,7,10-11H2,1-2H3,(H,21,22)(H,23,29). The first-order valence-electron chi connectivity index (χ1n) is 9.25. The molecule has 1 aliphatic heterocycles. The highest BCUT2D eigenvalue weighted by atomic mass is 16.2. The Hall–Kier alpha value is -3.74. The number of nitriles is 1. The molecule has 1 saturated heterocycles. The third kappa shape index (κ3) is 3.31. The van der Waals surface area contributed by atoms with E-state index in [1.165, 1.54) is 6.20 Å². The highest BCUT2D eigenvalue weighted by molar-refractivity contribution is 6.05. The number of H-pyrrole nitrogens is 1. The molecule has 29 heavy (non-hydrogen) atoms. The summed E-state index contributed by atoms with van der Waals surface area (Å²) in [6, 6.07) is 2.27. The number of rotatable bonds is 5. The van der Waals surface area contributed by atoms with Crippen LogP contribution in [0.4, 0.5) is 0 Å². The molecule has 0 bridgehead atoms. The van der Waals surface area contributed by atoms with Crippen molar-refractivity contribution in [1.29, 1.82) is 5.26 Å². The summed E-state index contributed by atoms with van der Waals surface area (Å²) < 4.78 is 1.66. The molecule has 4 rings (SSSR count). The van der Waals surface area contributed by atoms with E-state index in [1.54, 1.807) is 29.0 Å². The number of hydrogen-bond acceptors (Lipinski definition) is 6. The van der Waals surface area contributed by atoms with Gasteiger partial charge in [-0.2, -0.15) is 10.4 Å². The highest BCUT2D eigenvalue weighted by Gasteiger charge is 2.44. The number of carbonyl (C=O) groups excluding carboxylic acids is 2. The van der Waals surface area contributed by atoms with E-state index in [-0.39, 0.29) is 12.5 Å². The molecule has 2 amide bonds. The van der Waals surface area contributed by atoms with E-state index >= 15 is 0 Å². The molecule has 10 nitrogen and oxygen atoms in total. The molecule has 3 aromatic rings. The Morgan fingerprint density at radius 1 is 1.38 bits per heavy atom. The minimum Gasteiger partial charge on any atom is -0.344 e. The van der Waals surface area contributed by atoms with Gasteiger partial charge in [-0.1, -0.05) is 6.92 Å². The van der Waals surface area contributed by atoms with Crippen molar-refractivity contribution in [3.05, 3.63) is 30.4 Å². The first-order valence-corrected chi connectivity index (χ1v) is 9.25.